The number of pyridine rings is 1. The summed E-state index contributed by atoms with van der Waals surface area (Å²) in [6.07, 6.45) is 13.4. The van der Waals surface area contributed by atoms with Gasteiger partial charge in [0.05, 0.1) is 22.5 Å². The summed E-state index contributed by atoms with van der Waals surface area (Å²) in [5.41, 5.74) is 3.28. The van der Waals surface area contributed by atoms with Crippen molar-refractivity contribution < 1.29 is 19.2 Å². The van der Waals surface area contributed by atoms with Crippen LogP contribution in [0.25, 0.3) is 17.5 Å². The highest BCUT2D eigenvalue weighted by Crippen LogP contribution is 2.56. The molecule has 4 bridgehead atoms. The van der Waals surface area contributed by atoms with Gasteiger partial charge in [0.15, 0.2) is 0 Å². The number of anilines is 1. The summed E-state index contributed by atoms with van der Waals surface area (Å²) in [5.74, 6) is 1.55. The topological polar surface area (TPSA) is 122 Å². The van der Waals surface area contributed by atoms with Gasteiger partial charge >= 0.3 is 0 Å². The van der Waals surface area contributed by atoms with E-state index in [1.54, 1.807) is 6.20 Å². The highest BCUT2D eigenvalue weighted by molar-refractivity contribution is 5.91. The van der Waals surface area contributed by atoms with Gasteiger partial charge in [0.25, 0.3) is 17.6 Å². The Labute approximate surface area is 203 Å². The van der Waals surface area contributed by atoms with Gasteiger partial charge in [-0.15, -0.1) is 0 Å². The van der Waals surface area contributed by atoms with Gasteiger partial charge < -0.3 is 25.0 Å². The van der Waals surface area contributed by atoms with Crippen LogP contribution in [0.3, 0.4) is 0 Å². The van der Waals surface area contributed by atoms with Gasteiger partial charge in [0, 0.05) is 43.5 Å². The van der Waals surface area contributed by atoms with Gasteiger partial charge in [-0.2, -0.15) is 4.98 Å². The molecular weight excluding hydrogens is 446 g/mol. The number of hydrogen-bond donors (Lipinski definition) is 3. The standard InChI is InChI=1S/C26H31N5O4/c32-24(28-17-4-6-34-7-5-17)23-30-25(35-31-23)19-13-27-20-3-1-2-18(20)22(19)29-21-15-8-14-9-16(21)12-26(33,10-14)11-15/h1-2,13-17,21,33H,3-12H2,(H,27,29)(H,28,32). The number of hydrogen-bond acceptors (Lipinski definition) is 8. The Morgan fingerprint density at radius 3 is 2.71 bits per heavy atom. The van der Waals surface area contributed by atoms with Crippen molar-refractivity contribution in [2.75, 3.05) is 18.5 Å². The zero-order valence-corrected chi connectivity index (χ0v) is 19.7. The van der Waals surface area contributed by atoms with Crippen molar-refractivity contribution in [1.29, 1.82) is 0 Å². The summed E-state index contributed by atoms with van der Waals surface area (Å²) in [4.78, 5) is 21.9. The number of nitrogens with zero attached hydrogens (tertiary/aromatic N) is 3. The molecule has 2 unspecified atom stereocenters. The summed E-state index contributed by atoms with van der Waals surface area (Å²) in [5, 5.41) is 21.9. The van der Waals surface area contributed by atoms with Crippen LogP contribution in [0.2, 0.25) is 0 Å². The SMILES string of the molecule is O=C(NC1CCOCC1)c1noc(-c2cnc3c(c2NC2C4CC5CC2CC(O)(C5)C4)C=CC3)n1. The van der Waals surface area contributed by atoms with E-state index in [0.717, 1.165) is 61.0 Å². The average Bonchev–Trinajstić information content (AvgIpc) is 3.51. The maximum absolute atomic E-state index is 12.7. The summed E-state index contributed by atoms with van der Waals surface area (Å²) in [6.45, 7) is 1.29. The van der Waals surface area contributed by atoms with E-state index < -0.39 is 5.60 Å². The molecule has 0 aromatic carbocycles. The fourth-order valence-corrected chi connectivity index (χ4v) is 7.41. The third-order valence-corrected chi connectivity index (χ3v) is 8.76. The van der Waals surface area contributed by atoms with Crippen molar-refractivity contribution in [2.24, 2.45) is 17.8 Å². The first-order valence-corrected chi connectivity index (χ1v) is 12.9. The van der Waals surface area contributed by atoms with E-state index in [1.165, 1.54) is 12.8 Å². The summed E-state index contributed by atoms with van der Waals surface area (Å²) < 4.78 is 11.0. The second-order valence-electron chi connectivity index (χ2n) is 11.2. The highest BCUT2D eigenvalue weighted by Gasteiger charge is 2.55. The largest absolute Gasteiger partial charge is 0.390 e. The molecule has 35 heavy (non-hydrogen) atoms. The van der Waals surface area contributed by atoms with Crippen molar-refractivity contribution in [3.63, 3.8) is 0 Å². The Morgan fingerprint density at radius 2 is 1.94 bits per heavy atom. The molecule has 1 saturated heterocycles. The molecule has 9 heteroatoms. The molecule has 1 aliphatic heterocycles. The van der Waals surface area contributed by atoms with Crippen molar-refractivity contribution in [3.8, 4) is 11.5 Å². The molecule has 4 saturated carbocycles. The molecule has 3 N–H and O–H groups in total. The molecule has 2 atom stereocenters. The van der Waals surface area contributed by atoms with Gasteiger partial charge in [-0.05, 0) is 62.7 Å². The fourth-order valence-electron chi connectivity index (χ4n) is 7.41. The zero-order valence-electron chi connectivity index (χ0n) is 19.7. The number of aromatic nitrogens is 3. The lowest BCUT2D eigenvalue weighted by atomic mass is 9.52. The second-order valence-corrected chi connectivity index (χ2v) is 11.2. The van der Waals surface area contributed by atoms with Crippen LogP contribution < -0.4 is 10.6 Å². The second kappa shape index (κ2) is 8.13. The molecular formula is C26H31N5O4. The molecule has 184 valence electrons. The van der Waals surface area contributed by atoms with Crippen LogP contribution in [-0.4, -0.2) is 57.0 Å². The number of rotatable bonds is 5. The molecule has 1 amide bonds. The number of allylic oxidation sites excluding steroid dienone is 1. The van der Waals surface area contributed by atoms with Crippen LogP contribution >= 0.6 is 0 Å². The third-order valence-electron chi connectivity index (χ3n) is 8.76. The molecule has 9 nitrogen and oxygen atoms in total. The molecule has 8 rings (SSSR count). The van der Waals surface area contributed by atoms with Crippen LogP contribution in [-0.2, 0) is 11.2 Å². The van der Waals surface area contributed by atoms with E-state index in [9.17, 15) is 9.90 Å². The first-order valence-electron chi connectivity index (χ1n) is 12.9. The first-order chi connectivity index (χ1) is 17.0. The minimum Gasteiger partial charge on any atom is -0.390 e. The Morgan fingerprint density at radius 1 is 1.14 bits per heavy atom. The summed E-state index contributed by atoms with van der Waals surface area (Å²) in [6, 6.07) is 0.360. The van der Waals surface area contributed by atoms with E-state index >= 15 is 0 Å². The first kappa shape index (κ1) is 21.5. The summed E-state index contributed by atoms with van der Waals surface area (Å²) in [7, 11) is 0. The van der Waals surface area contributed by atoms with Gasteiger partial charge in [-0.3, -0.25) is 9.78 Å². The lowest BCUT2D eigenvalue weighted by Gasteiger charge is -2.58. The number of carbonyl (C=O) groups is 1. The van der Waals surface area contributed by atoms with E-state index in [2.05, 4.69) is 37.9 Å². The van der Waals surface area contributed by atoms with Crippen molar-refractivity contribution in [2.45, 2.75) is 69.1 Å². The quantitative estimate of drug-likeness (QED) is 0.601. The third kappa shape index (κ3) is 3.76. The van der Waals surface area contributed by atoms with Crippen LogP contribution in [0.15, 0.2) is 16.8 Å². The van der Waals surface area contributed by atoms with E-state index in [1.807, 2.05) is 0 Å². The number of carbonyl (C=O) groups excluding carboxylic acids is 1. The predicted molar refractivity (Wildman–Crippen MR) is 127 cm³/mol. The predicted octanol–water partition coefficient (Wildman–Crippen LogP) is 2.96. The molecule has 0 spiro atoms. The van der Waals surface area contributed by atoms with Crippen LogP contribution in [0.1, 0.15) is 66.8 Å². The van der Waals surface area contributed by atoms with E-state index in [0.29, 0.717) is 42.9 Å². The Hall–Kier alpha value is -2.78. The van der Waals surface area contributed by atoms with Gasteiger partial charge in [0.1, 0.15) is 0 Å². The molecule has 0 radical (unpaired) electrons. The van der Waals surface area contributed by atoms with Crippen molar-refractivity contribution in [3.05, 3.63) is 29.4 Å². The van der Waals surface area contributed by atoms with Crippen molar-refractivity contribution in [1.82, 2.24) is 20.4 Å². The van der Waals surface area contributed by atoms with Gasteiger partial charge in [-0.1, -0.05) is 17.3 Å². The van der Waals surface area contributed by atoms with Gasteiger partial charge in [-0.25, -0.2) is 0 Å². The number of fused-ring (bicyclic) bond motifs is 1. The summed E-state index contributed by atoms with van der Waals surface area (Å²) >= 11 is 0. The van der Waals surface area contributed by atoms with Crippen LogP contribution in [0, 0.1) is 17.8 Å². The molecule has 5 fully saturated rings. The van der Waals surface area contributed by atoms with E-state index in [4.69, 9.17) is 9.26 Å². The fraction of sp³-hybridized carbons (Fsp3) is 0.615. The maximum Gasteiger partial charge on any atom is 0.292 e. The lowest BCUT2D eigenvalue weighted by Crippen LogP contribution is -2.59. The normalized spacial score (nSPS) is 33.2. The Balaban J connectivity index is 1.18. The van der Waals surface area contributed by atoms with E-state index in [-0.39, 0.29) is 17.8 Å². The maximum atomic E-state index is 12.7. The molecule has 3 heterocycles. The molecule has 2 aromatic heterocycles. The smallest absolute Gasteiger partial charge is 0.292 e. The lowest BCUT2D eigenvalue weighted by molar-refractivity contribution is -0.129. The number of ether oxygens (including phenoxy) is 1. The molecule has 6 aliphatic rings. The molecule has 2 aromatic rings. The Bertz CT molecular complexity index is 1170. The van der Waals surface area contributed by atoms with Crippen LogP contribution in [0.5, 0.6) is 0 Å². The zero-order chi connectivity index (χ0) is 23.6. The highest BCUT2D eigenvalue weighted by atomic mass is 16.5. The van der Waals surface area contributed by atoms with Crippen LogP contribution in [0.4, 0.5) is 5.69 Å². The minimum absolute atomic E-state index is 0.0327. The van der Waals surface area contributed by atoms with Gasteiger partial charge in [0.2, 0.25) is 0 Å². The minimum atomic E-state index is -0.475. The average molecular weight is 478 g/mol. The number of amides is 1. The number of aliphatic hydroxyl groups is 1. The van der Waals surface area contributed by atoms with Crippen molar-refractivity contribution >= 4 is 17.7 Å². The number of nitrogens with one attached hydrogen (secondary N) is 2. The monoisotopic (exact) mass is 477 g/mol. The Kier molecular flexibility index (Phi) is 4.99. The molecule has 5 aliphatic carbocycles.